The molecule has 0 saturated heterocycles. The molecule has 2 aromatic carbocycles. The number of thiazole rings is 1. The highest BCUT2D eigenvalue weighted by atomic mass is 35.5. The first-order valence-corrected chi connectivity index (χ1v) is 9.45. The van der Waals surface area contributed by atoms with Gasteiger partial charge in [0.25, 0.3) is 0 Å². The van der Waals surface area contributed by atoms with Crippen LogP contribution in [0.2, 0.25) is 10.0 Å². The van der Waals surface area contributed by atoms with Crippen LogP contribution >= 0.6 is 34.5 Å². The second-order valence-corrected chi connectivity index (χ2v) is 7.10. The highest BCUT2D eigenvalue weighted by molar-refractivity contribution is 7.17. The molecule has 7 heteroatoms. The van der Waals surface area contributed by atoms with Gasteiger partial charge >= 0.3 is 5.97 Å². The number of carbonyl (C=O) groups is 1. The molecule has 0 spiro atoms. The first-order chi connectivity index (χ1) is 12.6. The van der Waals surface area contributed by atoms with E-state index in [4.69, 9.17) is 32.7 Å². The summed E-state index contributed by atoms with van der Waals surface area (Å²) in [6.45, 7) is 2.23. The summed E-state index contributed by atoms with van der Waals surface area (Å²) in [6.07, 6.45) is 0. The fourth-order valence-electron chi connectivity index (χ4n) is 2.21. The third-order valence-corrected chi connectivity index (χ3v) is 5.16. The molecule has 0 radical (unpaired) electrons. The van der Waals surface area contributed by atoms with Gasteiger partial charge in [-0.1, -0.05) is 53.5 Å². The van der Waals surface area contributed by atoms with E-state index in [1.165, 1.54) is 11.3 Å². The maximum absolute atomic E-state index is 12.3. The molecule has 1 aromatic heterocycles. The molecule has 0 unspecified atom stereocenters. The summed E-state index contributed by atoms with van der Waals surface area (Å²) in [6, 6.07) is 14.6. The average molecular weight is 408 g/mol. The number of halogens is 2. The molecule has 0 atom stereocenters. The first-order valence-electron chi connectivity index (χ1n) is 7.88. The van der Waals surface area contributed by atoms with Crippen LogP contribution in [0.5, 0.6) is 5.88 Å². The van der Waals surface area contributed by atoms with Crippen molar-refractivity contribution in [3.8, 4) is 16.5 Å². The van der Waals surface area contributed by atoms with Crippen LogP contribution in [0, 0.1) is 0 Å². The molecular weight excluding hydrogens is 393 g/mol. The quantitative estimate of drug-likeness (QED) is 0.479. The molecule has 0 aliphatic rings. The molecule has 0 N–H and O–H groups in total. The van der Waals surface area contributed by atoms with Crippen molar-refractivity contribution >= 4 is 40.5 Å². The number of aromatic nitrogens is 1. The zero-order valence-electron chi connectivity index (χ0n) is 13.9. The molecule has 4 nitrogen and oxygen atoms in total. The third kappa shape index (κ3) is 4.36. The number of nitrogens with zero attached hydrogens (tertiary/aromatic N) is 1. The van der Waals surface area contributed by atoms with Crippen molar-refractivity contribution in [2.75, 3.05) is 6.61 Å². The monoisotopic (exact) mass is 407 g/mol. The smallest absolute Gasteiger partial charge is 0.354 e. The van der Waals surface area contributed by atoms with E-state index in [-0.39, 0.29) is 19.1 Å². The van der Waals surface area contributed by atoms with Crippen molar-refractivity contribution in [2.24, 2.45) is 0 Å². The van der Waals surface area contributed by atoms with E-state index in [9.17, 15) is 4.79 Å². The minimum absolute atomic E-state index is 0.204. The van der Waals surface area contributed by atoms with E-state index in [0.29, 0.717) is 19.9 Å². The van der Waals surface area contributed by atoms with Gasteiger partial charge in [0.2, 0.25) is 5.88 Å². The zero-order chi connectivity index (χ0) is 18.5. The lowest BCUT2D eigenvalue weighted by Gasteiger charge is -2.07. The Morgan fingerprint density at radius 1 is 1.12 bits per heavy atom. The fourth-order valence-corrected chi connectivity index (χ4v) is 3.43. The summed E-state index contributed by atoms with van der Waals surface area (Å²) in [5.41, 5.74) is 1.66. The van der Waals surface area contributed by atoms with Crippen LogP contribution in [0.1, 0.15) is 22.2 Å². The highest BCUT2D eigenvalue weighted by Gasteiger charge is 2.22. The van der Waals surface area contributed by atoms with Gasteiger partial charge in [0.15, 0.2) is 4.88 Å². The van der Waals surface area contributed by atoms with Gasteiger partial charge < -0.3 is 9.47 Å². The third-order valence-electron chi connectivity index (χ3n) is 3.47. The van der Waals surface area contributed by atoms with Crippen molar-refractivity contribution < 1.29 is 14.3 Å². The van der Waals surface area contributed by atoms with E-state index in [2.05, 4.69) is 4.98 Å². The lowest BCUT2D eigenvalue weighted by Crippen LogP contribution is -2.06. The van der Waals surface area contributed by atoms with Crippen molar-refractivity contribution in [3.63, 3.8) is 0 Å². The molecule has 26 heavy (non-hydrogen) atoms. The Morgan fingerprint density at radius 2 is 1.85 bits per heavy atom. The van der Waals surface area contributed by atoms with Crippen LogP contribution in [0.4, 0.5) is 0 Å². The van der Waals surface area contributed by atoms with E-state index in [1.807, 2.05) is 30.3 Å². The minimum atomic E-state index is -0.459. The molecule has 1 heterocycles. The summed E-state index contributed by atoms with van der Waals surface area (Å²) in [7, 11) is 0. The van der Waals surface area contributed by atoms with Crippen LogP contribution in [0.3, 0.4) is 0 Å². The van der Waals surface area contributed by atoms with E-state index in [1.54, 1.807) is 25.1 Å². The molecular formula is C19H15Cl2NO3S. The molecule has 0 saturated carbocycles. The van der Waals surface area contributed by atoms with Crippen LogP contribution < -0.4 is 4.74 Å². The van der Waals surface area contributed by atoms with Gasteiger partial charge in [-0.2, -0.15) is 0 Å². The second-order valence-electron chi connectivity index (χ2n) is 5.26. The summed E-state index contributed by atoms with van der Waals surface area (Å²) < 4.78 is 10.9. The Bertz CT molecular complexity index is 909. The average Bonchev–Trinajstić information content (AvgIpc) is 3.06. The topological polar surface area (TPSA) is 48.4 Å². The van der Waals surface area contributed by atoms with Gasteiger partial charge in [0, 0.05) is 21.2 Å². The molecule has 0 aliphatic heterocycles. The Hall–Kier alpha value is -2.08. The SMILES string of the molecule is CCOC(=O)c1sc(-c2ccc(Cl)cc2)nc1OCc1ccccc1Cl. The number of benzene rings is 2. The van der Waals surface area contributed by atoms with Gasteiger partial charge in [0.05, 0.1) is 6.61 Å². The molecule has 3 aromatic rings. The van der Waals surface area contributed by atoms with Crippen LogP contribution in [0.15, 0.2) is 48.5 Å². The summed E-state index contributed by atoms with van der Waals surface area (Å²) in [5, 5.41) is 1.88. The largest absolute Gasteiger partial charge is 0.472 e. The number of esters is 1. The first kappa shape index (κ1) is 18.7. The maximum atomic E-state index is 12.3. The van der Waals surface area contributed by atoms with Crippen molar-refractivity contribution in [2.45, 2.75) is 13.5 Å². The number of hydrogen-bond donors (Lipinski definition) is 0. The highest BCUT2D eigenvalue weighted by Crippen LogP contribution is 2.34. The lowest BCUT2D eigenvalue weighted by atomic mass is 10.2. The van der Waals surface area contributed by atoms with Gasteiger partial charge in [-0.25, -0.2) is 9.78 Å². The Labute approximate surface area is 165 Å². The number of hydrogen-bond acceptors (Lipinski definition) is 5. The number of rotatable bonds is 6. The molecule has 0 aliphatic carbocycles. The fraction of sp³-hybridized carbons (Fsp3) is 0.158. The molecule has 0 amide bonds. The van der Waals surface area contributed by atoms with Crippen molar-refractivity contribution in [3.05, 3.63) is 69.0 Å². The summed E-state index contributed by atoms with van der Waals surface area (Å²) >= 11 is 13.3. The van der Waals surface area contributed by atoms with E-state index < -0.39 is 5.97 Å². The molecule has 0 bridgehead atoms. The number of carbonyl (C=O) groups excluding carboxylic acids is 1. The van der Waals surface area contributed by atoms with Gasteiger partial charge in [0.1, 0.15) is 11.6 Å². The summed E-state index contributed by atoms with van der Waals surface area (Å²) in [5.74, 6) is -0.224. The van der Waals surface area contributed by atoms with Crippen molar-refractivity contribution in [1.82, 2.24) is 4.98 Å². The summed E-state index contributed by atoms with van der Waals surface area (Å²) in [4.78, 5) is 17.1. The van der Waals surface area contributed by atoms with Gasteiger partial charge in [-0.05, 0) is 25.1 Å². The van der Waals surface area contributed by atoms with Gasteiger partial charge in [-0.15, -0.1) is 11.3 Å². The van der Waals surface area contributed by atoms with E-state index >= 15 is 0 Å². The maximum Gasteiger partial charge on any atom is 0.354 e. The number of ether oxygens (including phenoxy) is 2. The Balaban J connectivity index is 1.90. The van der Waals surface area contributed by atoms with E-state index in [0.717, 1.165) is 11.1 Å². The second kappa shape index (κ2) is 8.54. The van der Waals surface area contributed by atoms with Crippen LogP contribution in [0.25, 0.3) is 10.6 Å². The zero-order valence-corrected chi connectivity index (χ0v) is 16.2. The predicted octanol–water partition coefficient (Wildman–Crippen LogP) is 5.87. The van der Waals surface area contributed by atoms with Crippen molar-refractivity contribution in [1.29, 1.82) is 0 Å². The van der Waals surface area contributed by atoms with Gasteiger partial charge in [-0.3, -0.25) is 0 Å². The predicted molar refractivity (Wildman–Crippen MR) is 104 cm³/mol. The Morgan fingerprint density at radius 3 is 2.54 bits per heavy atom. The standard InChI is InChI=1S/C19H15Cl2NO3S/c1-2-24-19(23)16-17(25-11-13-5-3-4-6-15(13)21)22-18(26-16)12-7-9-14(20)10-8-12/h3-10H,2,11H2,1H3. The minimum Gasteiger partial charge on any atom is -0.472 e. The van der Waals surface area contributed by atoms with Crippen LogP contribution in [-0.2, 0) is 11.3 Å². The molecule has 0 fully saturated rings. The lowest BCUT2D eigenvalue weighted by molar-refractivity contribution is 0.0526. The van der Waals surface area contributed by atoms with Crippen LogP contribution in [-0.4, -0.2) is 17.6 Å². The Kier molecular flexibility index (Phi) is 6.14. The molecule has 134 valence electrons. The normalized spacial score (nSPS) is 10.6. The molecule has 3 rings (SSSR count).